The van der Waals surface area contributed by atoms with Crippen LogP contribution >= 0.6 is 0 Å². The van der Waals surface area contributed by atoms with E-state index in [1.807, 2.05) is 13.8 Å². The molecule has 1 aromatic rings. The van der Waals surface area contributed by atoms with Crippen molar-refractivity contribution in [2.45, 2.75) is 26.8 Å². The Balaban J connectivity index is 2.66. The Morgan fingerprint density at radius 3 is 2.57 bits per heavy atom. The highest BCUT2D eigenvalue weighted by atomic mass is 16.2. The van der Waals surface area contributed by atoms with Crippen LogP contribution in [0, 0.1) is 12.8 Å². The molecule has 4 N–H and O–H groups in total. The van der Waals surface area contributed by atoms with Crippen molar-refractivity contribution in [1.29, 1.82) is 0 Å². The summed E-state index contributed by atoms with van der Waals surface area (Å²) in [5, 5.41) is 4.97. The summed E-state index contributed by atoms with van der Waals surface area (Å²) in [7, 11) is 1.60. The predicted octanol–water partition coefficient (Wildman–Crippen LogP) is -0.268. The van der Waals surface area contributed by atoms with E-state index in [1.165, 1.54) is 4.57 Å². The Labute approximate surface area is 123 Å². The molecule has 1 atom stereocenters. The molecule has 0 saturated carbocycles. The summed E-state index contributed by atoms with van der Waals surface area (Å²) in [6.45, 7) is 5.14. The summed E-state index contributed by atoms with van der Waals surface area (Å²) >= 11 is 0. The highest BCUT2D eigenvalue weighted by molar-refractivity contribution is 5.95. The first kappa shape index (κ1) is 16.9. The molecule has 1 aromatic heterocycles. The Morgan fingerprint density at radius 1 is 1.38 bits per heavy atom. The van der Waals surface area contributed by atoms with Crippen molar-refractivity contribution in [2.24, 2.45) is 18.7 Å². The molecule has 0 aliphatic heterocycles. The van der Waals surface area contributed by atoms with Gasteiger partial charge in [0.2, 0.25) is 11.8 Å². The summed E-state index contributed by atoms with van der Waals surface area (Å²) in [6, 6.07) is 1.06. The SMILES string of the molecule is Cc1ccn(C)c(=O)c1NC(=O)CNC(=O)[C@@H](N)C(C)C. The molecule has 0 aromatic carbocycles. The topological polar surface area (TPSA) is 106 Å². The van der Waals surface area contributed by atoms with E-state index in [9.17, 15) is 14.4 Å². The fourth-order valence-corrected chi connectivity index (χ4v) is 1.64. The number of nitrogens with two attached hydrogens (primary N) is 1. The first-order chi connectivity index (χ1) is 9.73. The van der Waals surface area contributed by atoms with Crippen molar-refractivity contribution >= 4 is 17.5 Å². The predicted molar refractivity (Wildman–Crippen MR) is 80.9 cm³/mol. The minimum absolute atomic E-state index is 0.0169. The molecule has 7 heteroatoms. The molecular formula is C14H22N4O3. The molecule has 0 aliphatic rings. The number of hydrogen-bond acceptors (Lipinski definition) is 4. The minimum atomic E-state index is -0.663. The van der Waals surface area contributed by atoms with Gasteiger partial charge in [0.15, 0.2) is 0 Å². The number of amides is 2. The number of pyridine rings is 1. The lowest BCUT2D eigenvalue weighted by Gasteiger charge is -2.15. The van der Waals surface area contributed by atoms with Crippen molar-refractivity contribution in [3.63, 3.8) is 0 Å². The van der Waals surface area contributed by atoms with Gasteiger partial charge in [0, 0.05) is 13.2 Å². The fraction of sp³-hybridized carbons (Fsp3) is 0.500. The van der Waals surface area contributed by atoms with E-state index in [1.54, 1.807) is 26.2 Å². The van der Waals surface area contributed by atoms with Crippen molar-refractivity contribution in [1.82, 2.24) is 9.88 Å². The zero-order valence-corrected chi connectivity index (χ0v) is 12.8. The molecule has 0 saturated heterocycles. The van der Waals surface area contributed by atoms with Crippen molar-refractivity contribution in [3.05, 3.63) is 28.2 Å². The molecule has 0 bridgehead atoms. The van der Waals surface area contributed by atoms with Gasteiger partial charge in [-0.3, -0.25) is 14.4 Å². The maximum Gasteiger partial charge on any atom is 0.274 e. The standard InChI is InChI=1S/C14H22N4O3/c1-8(2)11(15)13(20)16-7-10(19)17-12-9(3)5-6-18(4)14(12)21/h5-6,8,11H,7,15H2,1-4H3,(H,16,20)(H,17,19)/t11-/m0/s1. The van der Waals surface area contributed by atoms with Gasteiger partial charge in [-0.1, -0.05) is 13.8 Å². The van der Waals surface area contributed by atoms with Crippen LogP contribution in [-0.4, -0.2) is 29.0 Å². The van der Waals surface area contributed by atoms with E-state index in [0.29, 0.717) is 5.56 Å². The van der Waals surface area contributed by atoms with Crippen LogP contribution in [0.2, 0.25) is 0 Å². The van der Waals surface area contributed by atoms with Crippen LogP contribution < -0.4 is 21.9 Å². The van der Waals surface area contributed by atoms with Gasteiger partial charge < -0.3 is 20.9 Å². The monoisotopic (exact) mass is 294 g/mol. The van der Waals surface area contributed by atoms with Crippen LogP contribution in [0.5, 0.6) is 0 Å². The van der Waals surface area contributed by atoms with Crippen LogP contribution in [0.1, 0.15) is 19.4 Å². The second kappa shape index (κ2) is 7.03. The number of carbonyl (C=O) groups is 2. The van der Waals surface area contributed by atoms with Crippen LogP contribution in [0.3, 0.4) is 0 Å². The zero-order chi connectivity index (χ0) is 16.2. The first-order valence-corrected chi connectivity index (χ1v) is 6.73. The van der Waals surface area contributed by atoms with E-state index in [0.717, 1.165) is 0 Å². The Kier molecular flexibility index (Phi) is 5.66. The lowest BCUT2D eigenvalue weighted by atomic mass is 10.1. The summed E-state index contributed by atoms with van der Waals surface area (Å²) < 4.78 is 1.37. The third-order valence-electron chi connectivity index (χ3n) is 3.19. The highest BCUT2D eigenvalue weighted by Gasteiger charge is 2.18. The summed E-state index contributed by atoms with van der Waals surface area (Å²) in [4.78, 5) is 35.4. The summed E-state index contributed by atoms with van der Waals surface area (Å²) in [5.74, 6) is -0.875. The van der Waals surface area contributed by atoms with Gasteiger partial charge in [0.25, 0.3) is 5.56 Å². The van der Waals surface area contributed by atoms with E-state index in [2.05, 4.69) is 10.6 Å². The van der Waals surface area contributed by atoms with E-state index in [4.69, 9.17) is 5.73 Å². The number of nitrogens with zero attached hydrogens (tertiary/aromatic N) is 1. The van der Waals surface area contributed by atoms with Gasteiger partial charge in [-0.2, -0.15) is 0 Å². The van der Waals surface area contributed by atoms with Crippen molar-refractivity contribution in [2.75, 3.05) is 11.9 Å². The summed E-state index contributed by atoms with van der Waals surface area (Å²) in [5.41, 5.74) is 6.25. The second-order valence-electron chi connectivity index (χ2n) is 5.33. The Morgan fingerprint density at radius 2 is 2.00 bits per heavy atom. The maximum absolute atomic E-state index is 11.9. The number of nitrogens with one attached hydrogen (secondary N) is 2. The smallest absolute Gasteiger partial charge is 0.274 e. The molecule has 116 valence electrons. The molecule has 1 rings (SSSR count). The van der Waals surface area contributed by atoms with Gasteiger partial charge in [0.05, 0.1) is 12.6 Å². The number of carbonyl (C=O) groups excluding carboxylic acids is 2. The minimum Gasteiger partial charge on any atom is -0.346 e. The lowest BCUT2D eigenvalue weighted by Crippen LogP contribution is -2.46. The van der Waals surface area contributed by atoms with Gasteiger partial charge in [-0.05, 0) is 24.5 Å². The second-order valence-corrected chi connectivity index (χ2v) is 5.33. The third kappa shape index (κ3) is 4.42. The van der Waals surface area contributed by atoms with E-state index in [-0.39, 0.29) is 23.7 Å². The molecule has 2 amide bonds. The number of aryl methyl sites for hydroxylation is 2. The Hall–Kier alpha value is -2.15. The van der Waals surface area contributed by atoms with Crippen molar-refractivity contribution < 1.29 is 9.59 Å². The van der Waals surface area contributed by atoms with Crippen LogP contribution in [-0.2, 0) is 16.6 Å². The highest BCUT2D eigenvalue weighted by Crippen LogP contribution is 2.07. The molecule has 0 radical (unpaired) electrons. The maximum atomic E-state index is 11.9. The molecular weight excluding hydrogens is 272 g/mol. The number of aromatic nitrogens is 1. The van der Waals surface area contributed by atoms with E-state index >= 15 is 0 Å². The first-order valence-electron chi connectivity index (χ1n) is 6.73. The molecule has 0 fully saturated rings. The molecule has 21 heavy (non-hydrogen) atoms. The normalized spacial score (nSPS) is 12.1. The average Bonchev–Trinajstić information content (AvgIpc) is 2.44. The molecule has 1 heterocycles. The molecule has 0 aliphatic carbocycles. The van der Waals surface area contributed by atoms with E-state index < -0.39 is 17.9 Å². The van der Waals surface area contributed by atoms with Gasteiger partial charge in [-0.15, -0.1) is 0 Å². The zero-order valence-electron chi connectivity index (χ0n) is 12.8. The number of hydrogen-bond donors (Lipinski definition) is 3. The number of anilines is 1. The number of rotatable bonds is 5. The van der Waals surface area contributed by atoms with Crippen LogP contribution in [0.25, 0.3) is 0 Å². The van der Waals surface area contributed by atoms with Gasteiger partial charge >= 0.3 is 0 Å². The average molecular weight is 294 g/mol. The molecule has 0 unspecified atom stereocenters. The van der Waals surface area contributed by atoms with Crippen molar-refractivity contribution in [3.8, 4) is 0 Å². The summed E-state index contributed by atoms with van der Waals surface area (Å²) in [6.07, 6.45) is 1.62. The Bertz CT molecular complexity index is 592. The third-order valence-corrected chi connectivity index (χ3v) is 3.19. The molecule has 0 spiro atoms. The fourth-order valence-electron chi connectivity index (χ4n) is 1.64. The molecule has 7 nitrogen and oxygen atoms in total. The van der Waals surface area contributed by atoms with Gasteiger partial charge in [-0.25, -0.2) is 0 Å². The van der Waals surface area contributed by atoms with Gasteiger partial charge in [0.1, 0.15) is 5.69 Å². The lowest BCUT2D eigenvalue weighted by molar-refractivity contribution is -0.125. The van der Waals surface area contributed by atoms with Crippen LogP contribution in [0.4, 0.5) is 5.69 Å². The van der Waals surface area contributed by atoms with Crippen LogP contribution in [0.15, 0.2) is 17.1 Å². The quantitative estimate of drug-likeness (QED) is 0.695. The largest absolute Gasteiger partial charge is 0.346 e.